The van der Waals surface area contributed by atoms with Crippen molar-refractivity contribution in [1.82, 2.24) is 14.8 Å². The maximum absolute atomic E-state index is 11.2. The Morgan fingerprint density at radius 2 is 1.70 bits per heavy atom. The second-order valence-corrected chi connectivity index (χ2v) is 10.7. The van der Waals surface area contributed by atoms with Gasteiger partial charge in [0.2, 0.25) is 0 Å². The van der Waals surface area contributed by atoms with Crippen LogP contribution in [0.25, 0.3) is 5.82 Å². The highest BCUT2D eigenvalue weighted by Gasteiger charge is 2.42. The molecule has 0 fully saturated rings. The molecule has 4 heterocycles. The Morgan fingerprint density at radius 3 is 2.50 bits per heavy atom. The number of phenolic OH excluding ortho intramolecular Hbond substituents is 1. The lowest BCUT2D eigenvalue weighted by Gasteiger charge is -2.40. The van der Waals surface area contributed by atoms with Gasteiger partial charge in [0.05, 0.1) is 23.1 Å². The third-order valence-electron chi connectivity index (χ3n) is 7.10. The summed E-state index contributed by atoms with van der Waals surface area (Å²) < 4.78 is 2.62. The number of pyridine rings is 1. The lowest BCUT2D eigenvalue weighted by Crippen LogP contribution is -2.46. The van der Waals surface area contributed by atoms with E-state index in [1.807, 2.05) is 73.7 Å². The molecule has 0 bridgehead atoms. The van der Waals surface area contributed by atoms with Crippen molar-refractivity contribution in [2.45, 2.75) is 19.9 Å². The van der Waals surface area contributed by atoms with Crippen LogP contribution in [0.1, 0.15) is 28.4 Å². The first-order valence-corrected chi connectivity index (χ1v) is 13.7. The molecule has 40 heavy (non-hydrogen) atoms. The molecule has 0 radical (unpaired) electrons. The molecule has 2 aliphatic heterocycles. The molecular weight excluding hydrogens is 566 g/mol. The summed E-state index contributed by atoms with van der Waals surface area (Å²) >= 11 is 3.62. The van der Waals surface area contributed by atoms with Crippen LogP contribution >= 0.6 is 15.9 Å². The van der Waals surface area contributed by atoms with Crippen molar-refractivity contribution in [3.63, 3.8) is 0 Å². The molecule has 8 nitrogen and oxygen atoms in total. The van der Waals surface area contributed by atoms with E-state index in [9.17, 15) is 5.11 Å². The minimum atomic E-state index is -0.441. The minimum Gasteiger partial charge on any atom is -0.508 e. The van der Waals surface area contributed by atoms with Gasteiger partial charge >= 0.3 is 0 Å². The maximum Gasteiger partial charge on any atom is 0.179 e. The van der Waals surface area contributed by atoms with Gasteiger partial charge < -0.3 is 15.3 Å². The standard InChI is InChI=1S/C31H24BrN7O/c1-18-10-13-21(14-11-18)34-29-31-36-30-27(19(2)37-39(30)26-9-5-6-16-33-26)28(22-17-20(32)12-15-25(22)40)38(31)24-8-4-3-7-23(24)35-29/h3-17,28,40H,1-2H3,(H,34,35). The Balaban J connectivity index is 1.52. The van der Waals surface area contributed by atoms with Crippen molar-refractivity contribution in [3.05, 3.63) is 118 Å². The van der Waals surface area contributed by atoms with Gasteiger partial charge in [0.1, 0.15) is 5.75 Å². The summed E-state index contributed by atoms with van der Waals surface area (Å²) in [7, 11) is 0. The largest absolute Gasteiger partial charge is 0.508 e. The van der Waals surface area contributed by atoms with Gasteiger partial charge in [-0.3, -0.25) is 0 Å². The van der Waals surface area contributed by atoms with Gasteiger partial charge in [-0.2, -0.15) is 9.78 Å². The van der Waals surface area contributed by atoms with Gasteiger partial charge in [-0.1, -0.05) is 51.8 Å². The number of aryl methyl sites for hydroxylation is 2. The van der Waals surface area contributed by atoms with Gasteiger partial charge in [0, 0.05) is 27.5 Å². The zero-order valence-electron chi connectivity index (χ0n) is 21.7. The average molecular weight is 590 g/mol. The van der Waals surface area contributed by atoms with Crippen molar-refractivity contribution in [3.8, 4) is 11.6 Å². The molecule has 3 aromatic carbocycles. The number of hydrogen-bond donors (Lipinski definition) is 2. The zero-order valence-corrected chi connectivity index (χ0v) is 23.3. The van der Waals surface area contributed by atoms with Crippen LogP contribution in [0.2, 0.25) is 0 Å². The smallest absolute Gasteiger partial charge is 0.179 e. The third-order valence-corrected chi connectivity index (χ3v) is 7.60. The van der Waals surface area contributed by atoms with Crippen LogP contribution in [0.5, 0.6) is 5.75 Å². The predicted octanol–water partition coefficient (Wildman–Crippen LogP) is 7.15. The SMILES string of the molecule is Cc1ccc(NC2=Nc3ccccc3N3C2=Nc2c(c(C)nn2-c2ccccn2)C3c2cc(Br)ccc2O)cc1. The molecule has 0 amide bonds. The number of nitrogens with one attached hydrogen (secondary N) is 1. The van der Waals surface area contributed by atoms with E-state index in [1.165, 1.54) is 5.56 Å². The van der Waals surface area contributed by atoms with Crippen LogP contribution in [0.15, 0.2) is 106 Å². The Morgan fingerprint density at radius 1 is 0.900 bits per heavy atom. The van der Waals surface area contributed by atoms with Crippen LogP contribution in [0.3, 0.4) is 0 Å². The van der Waals surface area contributed by atoms with Gasteiger partial charge in [-0.25, -0.2) is 15.0 Å². The second-order valence-electron chi connectivity index (χ2n) is 9.77. The number of halogens is 1. The molecule has 196 valence electrons. The number of rotatable bonds is 3. The summed E-state index contributed by atoms with van der Waals surface area (Å²) in [6, 6.07) is 26.9. The maximum atomic E-state index is 11.2. The number of anilines is 2. The lowest BCUT2D eigenvalue weighted by atomic mass is 9.92. The first kappa shape index (κ1) is 24.3. The molecule has 2 aromatic heterocycles. The molecule has 1 unspecified atom stereocenters. The van der Waals surface area contributed by atoms with Crippen molar-refractivity contribution >= 4 is 50.5 Å². The number of aliphatic imine (C=N–C) groups is 2. The van der Waals surface area contributed by atoms with E-state index in [2.05, 4.69) is 50.2 Å². The number of amidine groups is 2. The molecular formula is C31H24BrN7O. The van der Waals surface area contributed by atoms with Crippen LogP contribution < -0.4 is 10.2 Å². The van der Waals surface area contributed by atoms with Gasteiger partial charge in [0.15, 0.2) is 23.3 Å². The molecule has 0 saturated heterocycles. The molecule has 2 N–H and O–H groups in total. The van der Waals surface area contributed by atoms with E-state index in [4.69, 9.17) is 15.1 Å². The summed E-state index contributed by atoms with van der Waals surface area (Å²) in [5.74, 6) is 2.69. The molecule has 1 atom stereocenters. The van der Waals surface area contributed by atoms with Crippen molar-refractivity contribution in [2.75, 3.05) is 10.2 Å². The summed E-state index contributed by atoms with van der Waals surface area (Å²) in [6.07, 6.45) is 1.74. The van der Waals surface area contributed by atoms with Crippen LogP contribution in [-0.4, -0.2) is 31.5 Å². The van der Waals surface area contributed by atoms with Crippen molar-refractivity contribution < 1.29 is 5.11 Å². The molecule has 9 heteroatoms. The fourth-order valence-corrected chi connectivity index (χ4v) is 5.63. The highest BCUT2D eigenvalue weighted by Crippen LogP contribution is 2.50. The summed E-state index contributed by atoms with van der Waals surface area (Å²) in [5, 5.41) is 19.6. The monoisotopic (exact) mass is 589 g/mol. The predicted molar refractivity (Wildman–Crippen MR) is 162 cm³/mol. The van der Waals surface area contributed by atoms with E-state index in [1.54, 1.807) is 16.9 Å². The van der Waals surface area contributed by atoms with Crippen LogP contribution in [-0.2, 0) is 0 Å². The van der Waals surface area contributed by atoms with Crippen molar-refractivity contribution in [1.29, 1.82) is 0 Å². The third kappa shape index (κ3) is 3.97. The van der Waals surface area contributed by atoms with Gasteiger partial charge in [0.25, 0.3) is 0 Å². The molecule has 7 rings (SSSR count). The van der Waals surface area contributed by atoms with E-state index >= 15 is 0 Å². The normalized spacial score (nSPS) is 15.5. The number of para-hydroxylation sites is 2. The van der Waals surface area contributed by atoms with E-state index in [0.717, 1.165) is 38.4 Å². The fourth-order valence-electron chi connectivity index (χ4n) is 5.25. The Bertz CT molecular complexity index is 1830. The molecule has 2 aliphatic rings. The molecule has 0 spiro atoms. The molecule has 5 aromatic rings. The number of nitrogens with zero attached hydrogens (tertiary/aromatic N) is 6. The minimum absolute atomic E-state index is 0.179. The lowest BCUT2D eigenvalue weighted by molar-refractivity contribution is 0.465. The number of hydrogen-bond acceptors (Lipinski definition) is 7. The number of benzene rings is 3. The van der Waals surface area contributed by atoms with Gasteiger partial charge in [-0.05, 0) is 68.4 Å². The van der Waals surface area contributed by atoms with Crippen LogP contribution in [0, 0.1) is 13.8 Å². The highest BCUT2D eigenvalue weighted by atomic mass is 79.9. The first-order chi connectivity index (χ1) is 19.5. The number of aromatic nitrogens is 3. The van der Waals surface area contributed by atoms with E-state index in [-0.39, 0.29) is 5.75 Å². The Kier molecular flexibility index (Phi) is 5.74. The summed E-state index contributed by atoms with van der Waals surface area (Å²) in [5.41, 5.74) is 6.15. The number of fused-ring (bicyclic) bond motifs is 4. The topological polar surface area (TPSA) is 90.9 Å². The summed E-state index contributed by atoms with van der Waals surface area (Å²) in [4.78, 5) is 16.9. The quantitative estimate of drug-likeness (QED) is 0.233. The van der Waals surface area contributed by atoms with E-state index in [0.29, 0.717) is 23.3 Å². The fraction of sp³-hybridized carbons (Fsp3) is 0.0968. The molecule has 0 saturated carbocycles. The first-order valence-electron chi connectivity index (χ1n) is 12.9. The Hall–Kier alpha value is -4.76. The number of phenols is 1. The Labute approximate surface area is 239 Å². The second kappa shape index (κ2) is 9.46. The highest BCUT2D eigenvalue weighted by molar-refractivity contribution is 9.10. The van der Waals surface area contributed by atoms with Crippen LogP contribution in [0.4, 0.5) is 22.9 Å². The summed E-state index contributed by atoms with van der Waals surface area (Å²) in [6.45, 7) is 4.03. The average Bonchev–Trinajstić information content (AvgIpc) is 3.31. The number of aromatic hydroxyl groups is 1. The van der Waals surface area contributed by atoms with Crippen molar-refractivity contribution in [2.24, 2.45) is 9.98 Å². The zero-order chi connectivity index (χ0) is 27.4. The molecule has 0 aliphatic carbocycles. The van der Waals surface area contributed by atoms with Gasteiger partial charge in [-0.15, -0.1) is 0 Å². The van der Waals surface area contributed by atoms with E-state index < -0.39 is 6.04 Å².